The van der Waals surface area contributed by atoms with Crippen LogP contribution < -0.4 is 25.8 Å². The van der Waals surface area contributed by atoms with Gasteiger partial charge in [-0.3, -0.25) is 9.59 Å². The van der Waals surface area contributed by atoms with Crippen molar-refractivity contribution in [2.45, 2.75) is 70.3 Å². The summed E-state index contributed by atoms with van der Waals surface area (Å²) in [6.45, 7) is 1.22. The summed E-state index contributed by atoms with van der Waals surface area (Å²) in [7, 11) is 1.16. The van der Waals surface area contributed by atoms with Crippen molar-refractivity contribution in [3.8, 4) is 23.0 Å². The van der Waals surface area contributed by atoms with Gasteiger partial charge in [0, 0.05) is 12.1 Å². The highest BCUT2D eigenvalue weighted by Crippen LogP contribution is 2.37. The van der Waals surface area contributed by atoms with Crippen LogP contribution in [0.2, 0.25) is 0 Å². The number of benzene rings is 1. The van der Waals surface area contributed by atoms with Crippen LogP contribution in [0.4, 0.5) is 13.6 Å². The molecule has 1 aliphatic heterocycles. The first kappa shape index (κ1) is 32.4. The number of rotatable bonds is 12. The van der Waals surface area contributed by atoms with Crippen LogP contribution in [0, 0.1) is 5.92 Å². The fourth-order valence-corrected chi connectivity index (χ4v) is 4.58. The number of ether oxygens (including phenoxy) is 3. The molecule has 5 N–H and O–H groups in total. The van der Waals surface area contributed by atoms with E-state index >= 15 is 0 Å². The van der Waals surface area contributed by atoms with Gasteiger partial charge < -0.3 is 45.0 Å². The third kappa shape index (κ3) is 7.53. The Morgan fingerprint density at radius 2 is 1.93 bits per heavy atom. The Hall–Kier alpha value is -4.47. The first-order valence-electron chi connectivity index (χ1n) is 13.9. The zero-order chi connectivity index (χ0) is 32.3. The summed E-state index contributed by atoms with van der Waals surface area (Å²) in [6, 6.07) is 1.33. The first-order chi connectivity index (χ1) is 20.7. The third-order valence-electron chi connectivity index (χ3n) is 7.19. The molecule has 2 aliphatic rings. The zero-order valence-corrected chi connectivity index (χ0v) is 24.6. The summed E-state index contributed by atoms with van der Waals surface area (Å²) >= 11 is 0. The zero-order valence-electron chi connectivity index (χ0n) is 24.6. The largest absolute Gasteiger partial charge is 0.489 e. The maximum atomic E-state index is 13.9. The molecule has 1 saturated carbocycles. The monoisotopic (exact) mass is 623 g/mol. The smallest absolute Gasteiger partial charge is 0.407 e. The minimum atomic E-state index is -3.08. The molecule has 0 radical (unpaired) electrons. The Morgan fingerprint density at radius 1 is 1.23 bits per heavy atom. The number of oxazole rings is 1. The number of nitrogens with one attached hydrogen (secondary N) is 2. The van der Waals surface area contributed by atoms with E-state index in [9.17, 15) is 33.1 Å². The van der Waals surface area contributed by atoms with E-state index in [1.165, 1.54) is 32.0 Å². The van der Waals surface area contributed by atoms with E-state index in [2.05, 4.69) is 25.1 Å². The molecule has 1 saturated heterocycles. The second-order valence-corrected chi connectivity index (χ2v) is 11.3. The van der Waals surface area contributed by atoms with E-state index in [0.717, 1.165) is 24.9 Å². The number of hydrogen-bond donors (Lipinski definition) is 4. The molecule has 1 aromatic carbocycles. The average molecular weight is 624 g/mol. The summed E-state index contributed by atoms with van der Waals surface area (Å²) in [5.74, 6) is -2.74. The molecule has 16 heteroatoms. The van der Waals surface area contributed by atoms with E-state index in [-0.39, 0.29) is 47.4 Å². The molecular formula is C28H35F2N5O9. The number of carbonyl (C=O) groups excluding carboxylic acids is 3. The number of aromatic nitrogens is 1. The summed E-state index contributed by atoms with van der Waals surface area (Å²) in [5.41, 5.74) is 4.51. The highest BCUT2D eigenvalue weighted by atomic mass is 19.3. The third-order valence-corrected chi connectivity index (χ3v) is 7.19. The molecular weight excluding hydrogens is 588 g/mol. The Balaban J connectivity index is 1.67. The Morgan fingerprint density at radius 3 is 2.52 bits per heavy atom. The van der Waals surface area contributed by atoms with E-state index in [0.29, 0.717) is 12.5 Å². The number of methoxy groups -OCH3 is 1. The number of nitrogens with two attached hydrogens (primary N) is 1. The van der Waals surface area contributed by atoms with Gasteiger partial charge in [0.05, 0.1) is 25.8 Å². The normalized spacial score (nSPS) is 19.0. The van der Waals surface area contributed by atoms with Crippen molar-refractivity contribution in [1.82, 2.24) is 20.5 Å². The minimum absolute atomic E-state index is 0.0206. The van der Waals surface area contributed by atoms with Gasteiger partial charge in [-0.2, -0.15) is 8.78 Å². The lowest BCUT2D eigenvalue weighted by Gasteiger charge is -2.27. The molecule has 2 aromatic rings. The molecule has 2 heterocycles. The summed E-state index contributed by atoms with van der Waals surface area (Å²) in [6.07, 6.45) is 1.10. The lowest BCUT2D eigenvalue weighted by molar-refractivity contribution is -0.146. The highest BCUT2D eigenvalue weighted by molar-refractivity contribution is 5.99. The Labute approximate surface area is 251 Å². The van der Waals surface area contributed by atoms with Crippen LogP contribution >= 0.6 is 0 Å². The van der Waals surface area contributed by atoms with Crippen LogP contribution in [0.1, 0.15) is 62.3 Å². The lowest BCUT2D eigenvalue weighted by Crippen LogP contribution is -2.55. The van der Waals surface area contributed by atoms with Gasteiger partial charge in [-0.15, -0.1) is 0 Å². The van der Waals surface area contributed by atoms with Gasteiger partial charge in [0.15, 0.2) is 23.0 Å². The number of carbonyl (C=O) groups is 4. The molecule has 0 spiro atoms. The van der Waals surface area contributed by atoms with Gasteiger partial charge in [-0.25, -0.2) is 14.6 Å². The molecule has 0 unspecified atom stereocenters. The van der Waals surface area contributed by atoms with E-state index in [1.807, 2.05) is 0 Å². The quantitative estimate of drug-likeness (QED) is 0.271. The Bertz CT molecular complexity index is 1410. The number of alkyl halides is 2. The first-order valence-corrected chi connectivity index (χ1v) is 13.9. The van der Waals surface area contributed by atoms with Crippen molar-refractivity contribution in [1.29, 1.82) is 0 Å². The van der Waals surface area contributed by atoms with Crippen molar-refractivity contribution in [2.24, 2.45) is 11.7 Å². The second kappa shape index (κ2) is 13.0. The standard InChI is InChI=1S/C28H35F2N5O9/c1-13(31)21-20(33-23(44-21)15-7-8-18(43-26(29)30)19(9-15)42-12-14-5-6-14)24(37)35-11-16(32-27(40)41-4)10-17(35)22(36)34-28(2,3)25(38)39/h7-9,13-14,16-17,26H,5-6,10-12,31H2,1-4H3,(H,32,40)(H,34,36)(H,38,39)/t13-,16+,17-/m0/s1. The second-order valence-electron chi connectivity index (χ2n) is 11.3. The number of carboxylic acids is 1. The number of alkyl carbamates (subject to hydrolysis) is 1. The van der Waals surface area contributed by atoms with E-state index in [1.54, 1.807) is 6.92 Å². The maximum absolute atomic E-state index is 13.9. The number of amides is 3. The molecule has 0 bridgehead atoms. The topological polar surface area (TPSA) is 196 Å². The Kier molecular flexibility index (Phi) is 9.61. The molecule has 240 valence electrons. The SMILES string of the molecule is COC(=O)N[C@@H]1C[C@@H](C(=O)NC(C)(C)C(=O)O)N(C(=O)c2nc(-c3ccc(OC(F)F)c(OCC4CC4)c3)oc2[C@H](C)N)C1. The van der Waals surface area contributed by atoms with Gasteiger partial charge in [-0.1, -0.05) is 0 Å². The molecule has 3 atom stereocenters. The fourth-order valence-electron chi connectivity index (χ4n) is 4.58. The number of likely N-dealkylation sites (tertiary alicyclic amines) is 1. The van der Waals surface area contributed by atoms with Gasteiger partial charge in [-0.05, 0) is 64.2 Å². The van der Waals surface area contributed by atoms with Crippen molar-refractivity contribution >= 4 is 23.9 Å². The molecule has 14 nitrogen and oxygen atoms in total. The van der Waals surface area contributed by atoms with Crippen LogP contribution in [0.5, 0.6) is 11.5 Å². The number of aliphatic carboxylic acids is 1. The van der Waals surface area contributed by atoms with Crippen LogP contribution in [0.3, 0.4) is 0 Å². The van der Waals surface area contributed by atoms with Crippen molar-refractivity contribution in [3.63, 3.8) is 0 Å². The molecule has 1 aliphatic carbocycles. The molecule has 44 heavy (non-hydrogen) atoms. The summed E-state index contributed by atoms with van der Waals surface area (Å²) in [5, 5.41) is 14.5. The van der Waals surface area contributed by atoms with Crippen molar-refractivity contribution in [2.75, 3.05) is 20.3 Å². The van der Waals surface area contributed by atoms with Crippen LogP contribution in [-0.4, -0.2) is 83.4 Å². The lowest BCUT2D eigenvalue weighted by atomic mass is 10.0. The number of carboxylic acid groups (broad SMARTS) is 1. The average Bonchev–Trinajstić information content (AvgIpc) is 3.51. The van der Waals surface area contributed by atoms with Crippen molar-refractivity contribution in [3.05, 3.63) is 29.7 Å². The highest BCUT2D eigenvalue weighted by Gasteiger charge is 2.44. The van der Waals surface area contributed by atoms with E-state index in [4.69, 9.17) is 14.9 Å². The van der Waals surface area contributed by atoms with Gasteiger partial charge in [0.1, 0.15) is 11.6 Å². The number of hydrogen-bond acceptors (Lipinski definition) is 10. The summed E-state index contributed by atoms with van der Waals surface area (Å²) in [4.78, 5) is 56.2. The summed E-state index contributed by atoms with van der Waals surface area (Å²) < 4.78 is 46.8. The predicted molar refractivity (Wildman–Crippen MR) is 148 cm³/mol. The van der Waals surface area contributed by atoms with Crippen LogP contribution in [-0.2, 0) is 14.3 Å². The van der Waals surface area contributed by atoms with E-state index < -0.39 is 54.2 Å². The minimum Gasteiger partial charge on any atom is -0.489 e. The molecule has 4 rings (SSSR count). The van der Waals surface area contributed by atoms with Crippen LogP contribution in [0.25, 0.3) is 11.5 Å². The van der Waals surface area contributed by atoms with Gasteiger partial charge >= 0.3 is 18.7 Å². The number of halogens is 2. The maximum Gasteiger partial charge on any atom is 0.407 e. The molecule has 2 fully saturated rings. The van der Waals surface area contributed by atoms with Crippen molar-refractivity contribution < 1.29 is 51.7 Å². The van der Waals surface area contributed by atoms with Crippen LogP contribution in [0.15, 0.2) is 22.6 Å². The van der Waals surface area contributed by atoms with Gasteiger partial charge in [0.25, 0.3) is 5.91 Å². The fraction of sp³-hybridized carbons (Fsp3) is 0.536. The molecule has 3 amide bonds. The molecule has 1 aromatic heterocycles. The predicted octanol–water partition coefficient (Wildman–Crippen LogP) is 2.67. The number of nitrogens with zero attached hydrogens (tertiary/aromatic N) is 2. The van der Waals surface area contributed by atoms with Gasteiger partial charge in [0.2, 0.25) is 11.8 Å².